The van der Waals surface area contributed by atoms with Crippen LogP contribution in [-0.4, -0.2) is 22.8 Å². The molecule has 28 heavy (non-hydrogen) atoms. The molecule has 1 aromatic heterocycles. The van der Waals surface area contributed by atoms with E-state index in [-0.39, 0.29) is 17.4 Å². The Bertz CT molecular complexity index is 1000. The first-order valence-electron chi connectivity index (χ1n) is 8.41. The Morgan fingerprint density at radius 3 is 2.43 bits per heavy atom. The first kappa shape index (κ1) is 19.2. The van der Waals surface area contributed by atoms with E-state index in [1.54, 1.807) is 54.8 Å². The van der Waals surface area contributed by atoms with Crippen LogP contribution >= 0.6 is 11.3 Å². The molecule has 1 atom stereocenters. The SMILES string of the molecule is Cc1cc([N+](=O)[O-])ccc1N[C@H](NC(=O)c1cccs1)C(=O)c1ccccc1. The van der Waals surface area contributed by atoms with Gasteiger partial charge < -0.3 is 10.6 Å². The Morgan fingerprint density at radius 1 is 1.07 bits per heavy atom. The molecule has 0 aliphatic heterocycles. The van der Waals surface area contributed by atoms with Crippen LogP contribution in [0.2, 0.25) is 0 Å². The zero-order valence-electron chi connectivity index (χ0n) is 14.9. The molecular weight excluding hydrogens is 378 g/mol. The van der Waals surface area contributed by atoms with E-state index < -0.39 is 11.1 Å². The Hall–Kier alpha value is -3.52. The molecule has 0 spiro atoms. The molecule has 142 valence electrons. The monoisotopic (exact) mass is 395 g/mol. The lowest BCUT2D eigenvalue weighted by molar-refractivity contribution is -0.384. The van der Waals surface area contributed by atoms with Crippen LogP contribution in [-0.2, 0) is 0 Å². The third kappa shape index (κ3) is 4.41. The number of aryl methyl sites for hydroxylation is 1. The van der Waals surface area contributed by atoms with E-state index in [1.807, 2.05) is 0 Å². The third-order valence-corrected chi connectivity index (χ3v) is 4.93. The van der Waals surface area contributed by atoms with Crippen LogP contribution < -0.4 is 10.6 Å². The minimum atomic E-state index is -1.03. The fourth-order valence-electron chi connectivity index (χ4n) is 2.63. The second-order valence-electron chi connectivity index (χ2n) is 6.01. The first-order valence-corrected chi connectivity index (χ1v) is 9.29. The smallest absolute Gasteiger partial charge is 0.269 e. The van der Waals surface area contributed by atoms with E-state index in [0.717, 1.165) is 0 Å². The number of nitrogens with one attached hydrogen (secondary N) is 2. The molecule has 0 fully saturated rings. The molecule has 1 amide bonds. The molecular formula is C20H17N3O4S. The van der Waals surface area contributed by atoms with E-state index in [0.29, 0.717) is 21.7 Å². The van der Waals surface area contributed by atoms with Crippen molar-refractivity contribution in [2.45, 2.75) is 13.1 Å². The van der Waals surface area contributed by atoms with Gasteiger partial charge in [-0.15, -0.1) is 11.3 Å². The van der Waals surface area contributed by atoms with Crippen LogP contribution in [0.4, 0.5) is 11.4 Å². The minimum absolute atomic E-state index is 0.0448. The minimum Gasteiger partial charge on any atom is -0.359 e. The van der Waals surface area contributed by atoms with Gasteiger partial charge in [-0.05, 0) is 30.0 Å². The predicted octanol–water partition coefficient (Wildman–Crippen LogP) is 4.02. The number of rotatable bonds is 7. The second kappa shape index (κ2) is 8.45. The van der Waals surface area contributed by atoms with Crippen molar-refractivity contribution in [2.24, 2.45) is 0 Å². The Kier molecular flexibility index (Phi) is 5.81. The van der Waals surface area contributed by atoms with Crippen LogP contribution in [0.15, 0.2) is 66.0 Å². The van der Waals surface area contributed by atoms with Crippen molar-refractivity contribution in [3.8, 4) is 0 Å². The van der Waals surface area contributed by atoms with Crippen molar-refractivity contribution in [3.63, 3.8) is 0 Å². The van der Waals surface area contributed by atoms with Crippen molar-refractivity contribution in [3.05, 3.63) is 92.2 Å². The van der Waals surface area contributed by atoms with Crippen LogP contribution in [0, 0.1) is 17.0 Å². The summed E-state index contributed by atoms with van der Waals surface area (Å²) in [5.41, 5.74) is 1.50. The number of nitro groups is 1. The Balaban J connectivity index is 1.88. The lowest BCUT2D eigenvalue weighted by atomic mass is 10.1. The van der Waals surface area contributed by atoms with Gasteiger partial charge in [0, 0.05) is 23.4 Å². The summed E-state index contributed by atoms with van der Waals surface area (Å²) in [6, 6.07) is 16.3. The molecule has 0 saturated carbocycles. The third-order valence-electron chi connectivity index (χ3n) is 4.06. The highest BCUT2D eigenvalue weighted by atomic mass is 32.1. The molecule has 0 saturated heterocycles. The van der Waals surface area contributed by atoms with E-state index >= 15 is 0 Å². The highest BCUT2D eigenvalue weighted by Crippen LogP contribution is 2.22. The molecule has 2 N–H and O–H groups in total. The van der Waals surface area contributed by atoms with Gasteiger partial charge in [0.2, 0.25) is 5.78 Å². The topological polar surface area (TPSA) is 101 Å². The lowest BCUT2D eigenvalue weighted by Gasteiger charge is -2.21. The summed E-state index contributed by atoms with van der Waals surface area (Å²) >= 11 is 1.27. The Morgan fingerprint density at radius 2 is 1.82 bits per heavy atom. The summed E-state index contributed by atoms with van der Waals surface area (Å²) in [4.78, 5) is 36.4. The molecule has 1 heterocycles. The summed E-state index contributed by atoms with van der Waals surface area (Å²) in [6.07, 6.45) is -1.03. The van der Waals surface area contributed by atoms with E-state index in [1.165, 1.54) is 29.5 Å². The number of carbonyl (C=O) groups is 2. The van der Waals surface area contributed by atoms with Crippen molar-refractivity contribution in [1.29, 1.82) is 0 Å². The average Bonchev–Trinajstić information content (AvgIpc) is 3.23. The molecule has 0 aliphatic carbocycles. The van der Waals surface area contributed by atoms with Gasteiger partial charge >= 0.3 is 0 Å². The molecule has 0 radical (unpaired) electrons. The second-order valence-corrected chi connectivity index (χ2v) is 6.96. The molecule has 0 unspecified atom stereocenters. The van der Waals surface area contributed by atoms with Crippen LogP contribution in [0.3, 0.4) is 0 Å². The number of amides is 1. The highest BCUT2D eigenvalue weighted by molar-refractivity contribution is 7.12. The largest absolute Gasteiger partial charge is 0.359 e. The van der Waals surface area contributed by atoms with Crippen LogP contribution in [0.1, 0.15) is 25.6 Å². The molecule has 2 aromatic carbocycles. The van der Waals surface area contributed by atoms with Gasteiger partial charge in [-0.2, -0.15) is 0 Å². The molecule has 8 heteroatoms. The lowest BCUT2D eigenvalue weighted by Crippen LogP contribution is -2.46. The van der Waals surface area contributed by atoms with Gasteiger partial charge in [0.25, 0.3) is 11.6 Å². The van der Waals surface area contributed by atoms with Crippen molar-refractivity contribution < 1.29 is 14.5 Å². The first-order chi connectivity index (χ1) is 13.5. The molecule has 0 bridgehead atoms. The highest BCUT2D eigenvalue weighted by Gasteiger charge is 2.24. The van der Waals surface area contributed by atoms with Gasteiger partial charge in [0.1, 0.15) is 0 Å². The van der Waals surface area contributed by atoms with Crippen LogP contribution in [0.25, 0.3) is 0 Å². The Labute approximate surface area is 165 Å². The zero-order chi connectivity index (χ0) is 20.1. The average molecular weight is 395 g/mol. The maximum Gasteiger partial charge on any atom is 0.269 e. The van der Waals surface area contributed by atoms with Gasteiger partial charge in [-0.25, -0.2) is 0 Å². The molecule has 3 rings (SSSR count). The number of benzene rings is 2. The molecule has 0 aliphatic rings. The zero-order valence-corrected chi connectivity index (χ0v) is 15.7. The number of non-ortho nitro benzene ring substituents is 1. The summed E-state index contributed by atoms with van der Waals surface area (Å²) in [5, 5.41) is 18.4. The number of carbonyl (C=O) groups excluding carboxylic acids is 2. The predicted molar refractivity (Wildman–Crippen MR) is 108 cm³/mol. The number of Topliss-reactive ketones (excluding diaryl/α,β-unsaturated/α-hetero) is 1. The van der Waals surface area contributed by atoms with E-state index in [4.69, 9.17) is 0 Å². The van der Waals surface area contributed by atoms with Crippen LogP contribution in [0.5, 0.6) is 0 Å². The van der Waals surface area contributed by atoms with Gasteiger partial charge in [0.05, 0.1) is 9.80 Å². The summed E-state index contributed by atoms with van der Waals surface area (Å²) in [7, 11) is 0. The number of hydrogen-bond donors (Lipinski definition) is 2. The standard InChI is InChI=1S/C20H17N3O4S/c1-13-12-15(23(26)27)9-10-16(13)21-19(18(24)14-6-3-2-4-7-14)22-20(25)17-8-5-11-28-17/h2-12,19,21H,1H3,(H,22,25)/t19-/m1/s1. The molecule has 7 nitrogen and oxygen atoms in total. The number of ketones is 1. The van der Waals surface area contributed by atoms with E-state index in [9.17, 15) is 19.7 Å². The fraction of sp³-hybridized carbons (Fsp3) is 0.100. The summed E-state index contributed by atoms with van der Waals surface area (Å²) in [5.74, 6) is -0.695. The number of nitrogens with zero attached hydrogens (tertiary/aromatic N) is 1. The van der Waals surface area contributed by atoms with Gasteiger partial charge in [0.15, 0.2) is 6.17 Å². The van der Waals surface area contributed by atoms with Crippen molar-refractivity contribution in [2.75, 3.05) is 5.32 Å². The van der Waals surface area contributed by atoms with Gasteiger partial charge in [-0.1, -0.05) is 36.4 Å². The fourth-order valence-corrected chi connectivity index (χ4v) is 3.25. The summed E-state index contributed by atoms with van der Waals surface area (Å²) in [6.45, 7) is 1.69. The number of thiophene rings is 1. The normalized spacial score (nSPS) is 11.5. The maximum absolute atomic E-state index is 13.0. The number of nitro benzene ring substituents is 1. The van der Waals surface area contributed by atoms with E-state index in [2.05, 4.69) is 10.6 Å². The summed E-state index contributed by atoms with van der Waals surface area (Å²) < 4.78 is 0. The quantitative estimate of drug-likeness (QED) is 0.272. The molecule has 3 aromatic rings. The number of hydrogen-bond acceptors (Lipinski definition) is 6. The van der Waals surface area contributed by atoms with Gasteiger partial charge in [-0.3, -0.25) is 19.7 Å². The van der Waals surface area contributed by atoms with Crippen molar-refractivity contribution >= 4 is 34.4 Å². The maximum atomic E-state index is 13.0. The van der Waals surface area contributed by atoms with Crippen molar-refractivity contribution in [1.82, 2.24) is 5.32 Å². The number of anilines is 1.